The van der Waals surface area contributed by atoms with E-state index in [4.69, 9.17) is 9.15 Å². The predicted molar refractivity (Wildman–Crippen MR) is 94.0 cm³/mol. The molecule has 0 bridgehead atoms. The topological polar surface area (TPSA) is 68.5 Å². The zero-order chi connectivity index (χ0) is 17.1. The molecule has 1 amide bonds. The molecule has 0 saturated carbocycles. The molecule has 2 aromatic heterocycles. The van der Waals surface area contributed by atoms with Crippen LogP contribution in [0.5, 0.6) is 0 Å². The van der Waals surface area contributed by atoms with Gasteiger partial charge in [0.2, 0.25) is 11.8 Å². The molecule has 2 unspecified atom stereocenters. The van der Waals surface area contributed by atoms with Crippen LogP contribution in [0.3, 0.4) is 0 Å². The zero-order valence-electron chi connectivity index (χ0n) is 14.0. The molecule has 0 N–H and O–H groups in total. The van der Waals surface area contributed by atoms with E-state index in [-0.39, 0.29) is 11.9 Å². The highest BCUT2D eigenvalue weighted by Gasteiger charge is 2.33. The molecular weight excluding hydrogens is 338 g/mol. The molecule has 2 aliphatic rings. The summed E-state index contributed by atoms with van der Waals surface area (Å²) in [6.45, 7) is 1.52. The van der Waals surface area contributed by atoms with Crippen LogP contribution in [0.1, 0.15) is 37.6 Å². The minimum atomic E-state index is -0.296. The highest BCUT2D eigenvalue weighted by atomic mass is 32.1. The molecule has 1 aliphatic carbocycles. The second kappa shape index (κ2) is 7.49. The van der Waals surface area contributed by atoms with Gasteiger partial charge in [0.05, 0.1) is 18.1 Å². The summed E-state index contributed by atoms with van der Waals surface area (Å²) >= 11 is 1.55. The van der Waals surface area contributed by atoms with Crippen molar-refractivity contribution in [3.05, 3.63) is 35.6 Å². The maximum Gasteiger partial charge on any atom is 0.257 e. The normalized spacial score (nSPS) is 23.8. The third-order valence-corrected chi connectivity index (χ3v) is 5.56. The Morgan fingerprint density at radius 2 is 2.36 bits per heavy atom. The van der Waals surface area contributed by atoms with Crippen molar-refractivity contribution in [2.24, 2.45) is 5.92 Å². The summed E-state index contributed by atoms with van der Waals surface area (Å²) in [4.78, 5) is 15.6. The first-order valence-electron chi connectivity index (χ1n) is 8.72. The van der Waals surface area contributed by atoms with Crippen molar-refractivity contribution < 1.29 is 13.9 Å². The summed E-state index contributed by atoms with van der Waals surface area (Å²) < 4.78 is 11.4. The van der Waals surface area contributed by atoms with Gasteiger partial charge in [-0.15, -0.1) is 21.5 Å². The SMILES string of the molecule is O=C(CC1C=CCCC1)N1CCOCC1c1nnc(-c2cccs2)o1. The standard InChI is InChI=1S/C18H21N3O3S/c22-16(11-13-5-2-1-3-6-13)21-8-9-23-12-14(21)17-19-20-18(24-17)15-7-4-10-25-15/h2,4-5,7,10,13-14H,1,3,6,8-9,11-12H2. The smallest absolute Gasteiger partial charge is 0.257 e. The number of aromatic nitrogens is 2. The Balaban J connectivity index is 1.49. The van der Waals surface area contributed by atoms with Crippen LogP contribution in [0, 0.1) is 5.92 Å². The number of carbonyl (C=O) groups excluding carboxylic acids is 1. The lowest BCUT2D eigenvalue weighted by molar-refractivity contribution is -0.142. The molecule has 1 saturated heterocycles. The van der Waals surface area contributed by atoms with Crippen molar-refractivity contribution in [3.63, 3.8) is 0 Å². The minimum Gasteiger partial charge on any atom is -0.418 e. The molecule has 7 heteroatoms. The fraction of sp³-hybridized carbons (Fsp3) is 0.500. The third kappa shape index (κ3) is 3.67. The Bertz CT molecular complexity index is 741. The summed E-state index contributed by atoms with van der Waals surface area (Å²) in [6, 6.07) is 3.59. The van der Waals surface area contributed by atoms with Crippen LogP contribution < -0.4 is 0 Å². The molecule has 6 nitrogen and oxygen atoms in total. The molecule has 0 radical (unpaired) electrons. The van der Waals surface area contributed by atoms with E-state index in [2.05, 4.69) is 22.3 Å². The average Bonchev–Trinajstić information content (AvgIpc) is 3.34. The number of nitrogens with zero attached hydrogens (tertiary/aromatic N) is 3. The first-order chi connectivity index (χ1) is 12.3. The van der Waals surface area contributed by atoms with Gasteiger partial charge < -0.3 is 14.1 Å². The summed E-state index contributed by atoms with van der Waals surface area (Å²) in [5.74, 6) is 1.43. The van der Waals surface area contributed by atoms with Crippen LogP contribution in [0.25, 0.3) is 10.8 Å². The Labute approximate surface area is 150 Å². The number of hydrogen-bond acceptors (Lipinski definition) is 6. The summed E-state index contributed by atoms with van der Waals surface area (Å²) in [6.07, 6.45) is 8.27. The van der Waals surface area contributed by atoms with Crippen molar-refractivity contribution in [1.82, 2.24) is 15.1 Å². The van der Waals surface area contributed by atoms with Gasteiger partial charge in [0, 0.05) is 13.0 Å². The van der Waals surface area contributed by atoms with E-state index in [0.29, 0.717) is 43.9 Å². The van der Waals surface area contributed by atoms with E-state index >= 15 is 0 Å². The number of rotatable bonds is 4. The quantitative estimate of drug-likeness (QED) is 0.782. The van der Waals surface area contributed by atoms with E-state index in [1.54, 1.807) is 11.3 Å². The number of carbonyl (C=O) groups is 1. The number of morpholine rings is 1. The van der Waals surface area contributed by atoms with Gasteiger partial charge in [0.15, 0.2) is 0 Å². The molecule has 0 aromatic carbocycles. The highest BCUT2D eigenvalue weighted by Crippen LogP contribution is 2.30. The maximum absolute atomic E-state index is 12.8. The second-order valence-corrected chi connectivity index (χ2v) is 7.37. The van der Waals surface area contributed by atoms with E-state index in [9.17, 15) is 4.79 Å². The third-order valence-electron chi connectivity index (χ3n) is 4.70. The van der Waals surface area contributed by atoms with E-state index in [1.165, 1.54) is 0 Å². The summed E-state index contributed by atoms with van der Waals surface area (Å²) in [7, 11) is 0. The molecule has 25 heavy (non-hydrogen) atoms. The largest absolute Gasteiger partial charge is 0.418 e. The molecule has 4 rings (SSSR count). The first kappa shape index (κ1) is 16.5. The van der Waals surface area contributed by atoms with Gasteiger partial charge in [-0.1, -0.05) is 18.2 Å². The van der Waals surface area contributed by atoms with Crippen LogP contribution in [-0.4, -0.2) is 40.8 Å². The Morgan fingerprint density at radius 1 is 1.40 bits per heavy atom. The molecule has 2 atom stereocenters. The van der Waals surface area contributed by atoms with Crippen LogP contribution in [0.2, 0.25) is 0 Å². The van der Waals surface area contributed by atoms with Gasteiger partial charge in [0.1, 0.15) is 6.04 Å². The number of amides is 1. The van der Waals surface area contributed by atoms with Gasteiger partial charge in [-0.05, 0) is 36.6 Å². The maximum atomic E-state index is 12.8. The van der Waals surface area contributed by atoms with Crippen molar-refractivity contribution in [2.75, 3.05) is 19.8 Å². The fourth-order valence-corrected chi connectivity index (χ4v) is 4.01. The van der Waals surface area contributed by atoms with Gasteiger partial charge in [-0.3, -0.25) is 4.79 Å². The predicted octanol–water partition coefficient (Wildman–Crippen LogP) is 3.44. The first-order valence-corrected chi connectivity index (χ1v) is 9.60. The van der Waals surface area contributed by atoms with Crippen molar-refractivity contribution in [3.8, 4) is 10.8 Å². The number of thiophene rings is 1. The average molecular weight is 359 g/mol. The van der Waals surface area contributed by atoms with E-state index in [1.807, 2.05) is 22.4 Å². The fourth-order valence-electron chi connectivity index (χ4n) is 3.37. The van der Waals surface area contributed by atoms with Gasteiger partial charge >= 0.3 is 0 Å². The number of allylic oxidation sites excluding steroid dienone is 2. The van der Waals surface area contributed by atoms with E-state index < -0.39 is 0 Å². The van der Waals surface area contributed by atoms with Crippen LogP contribution in [0.4, 0.5) is 0 Å². The van der Waals surface area contributed by atoms with Crippen LogP contribution in [-0.2, 0) is 9.53 Å². The summed E-state index contributed by atoms with van der Waals surface area (Å²) in [5.41, 5.74) is 0. The van der Waals surface area contributed by atoms with Crippen LogP contribution >= 0.6 is 11.3 Å². The zero-order valence-corrected chi connectivity index (χ0v) is 14.8. The molecule has 1 aliphatic heterocycles. The molecule has 1 fully saturated rings. The molecule has 3 heterocycles. The lowest BCUT2D eigenvalue weighted by Gasteiger charge is -2.34. The number of ether oxygens (including phenoxy) is 1. The molecule has 2 aromatic rings. The lowest BCUT2D eigenvalue weighted by atomic mass is 9.92. The highest BCUT2D eigenvalue weighted by molar-refractivity contribution is 7.13. The van der Waals surface area contributed by atoms with Crippen molar-refractivity contribution in [1.29, 1.82) is 0 Å². The minimum absolute atomic E-state index is 0.140. The van der Waals surface area contributed by atoms with Crippen LogP contribution in [0.15, 0.2) is 34.1 Å². The number of hydrogen-bond donors (Lipinski definition) is 0. The molecular formula is C18H21N3O3S. The van der Waals surface area contributed by atoms with Gasteiger partial charge in [-0.25, -0.2) is 0 Å². The van der Waals surface area contributed by atoms with Gasteiger partial charge in [-0.2, -0.15) is 0 Å². The van der Waals surface area contributed by atoms with E-state index in [0.717, 1.165) is 24.1 Å². The Kier molecular flexibility index (Phi) is 4.94. The second-order valence-electron chi connectivity index (χ2n) is 6.42. The Morgan fingerprint density at radius 3 is 3.16 bits per heavy atom. The van der Waals surface area contributed by atoms with Crippen molar-refractivity contribution >= 4 is 17.2 Å². The molecule has 132 valence electrons. The lowest BCUT2D eigenvalue weighted by Crippen LogP contribution is -2.44. The monoisotopic (exact) mass is 359 g/mol. The summed E-state index contributed by atoms with van der Waals surface area (Å²) in [5, 5.41) is 10.3. The Hall–Kier alpha value is -1.99. The van der Waals surface area contributed by atoms with Crippen molar-refractivity contribution in [2.45, 2.75) is 31.7 Å². The van der Waals surface area contributed by atoms with Gasteiger partial charge in [0.25, 0.3) is 5.89 Å². The molecule has 0 spiro atoms.